The second-order valence-electron chi connectivity index (χ2n) is 4.46. The van der Waals surface area contributed by atoms with Gasteiger partial charge in [0.05, 0.1) is 21.8 Å². The highest BCUT2D eigenvalue weighted by atomic mass is 35.5. The van der Waals surface area contributed by atoms with E-state index < -0.39 is 5.97 Å². The Hall–Kier alpha value is -1.56. The van der Waals surface area contributed by atoms with Gasteiger partial charge in [-0.1, -0.05) is 35.3 Å². The molecule has 0 aliphatic rings. The number of carboxylic acid groups (broad SMARTS) is 1. The van der Waals surface area contributed by atoms with Crippen molar-refractivity contribution in [2.45, 2.75) is 13.0 Å². The highest BCUT2D eigenvalue weighted by molar-refractivity contribution is 7.20. The molecule has 7 heteroatoms. The molecule has 0 aliphatic carbocycles. The quantitative estimate of drug-likeness (QED) is 0.758. The van der Waals surface area contributed by atoms with Gasteiger partial charge in [-0.3, -0.25) is 4.79 Å². The van der Waals surface area contributed by atoms with Gasteiger partial charge in [-0.15, -0.1) is 11.3 Å². The molecule has 3 aromatic rings. The minimum atomic E-state index is -0.854. The number of halogens is 2. The van der Waals surface area contributed by atoms with Gasteiger partial charge >= 0.3 is 5.97 Å². The lowest BCUT2D eigenvalue weighted by molar-refractivity contribution is -0.137. The standard InChI is InChI=1S/C14H10Cl2N2O2S/c15-11-7-8(13(16)21-11)14-17-9-3-1-2-4-10(9)18(14)6-5-12(19)20/h1-4,7H,5-6H2,(H,19,20). The maximum Gasteiger partial charge on any atom is 0.305 e. The van der Waals surface area contributed by atoms with Crippen molar-refractivity contribution in [2.24, 2.45) is 0 Å². The molecule has 0 unspecified atom stereocenters. The maximum atomic E-state index is 10.9. The average molecular weight is 341 g/mol. The number of aliphatic carboxylic acids is 1. The van der Waals surface area contributed by atoms with Gasteiger partial charge in [0.1, 0.15) is 10.2 Å². The Bertz CT molecular complexity index is 826. The number of benzene rings is 1. The SMILES string of the molecule is O=C(O)CCn1c(-c2cc(Cl)sc2Cl)nc2ccccc21. The number of aryl methyl sites for hydroxylation is 1. The molecule has 1 aromatic carbocycles. The minimum absolute atomic E-state index is 0.0167. The topological polar surface area (TPSA) is 55.1 Å². The first kappa shape index (κ1) is 14.4. The number of fused-ring (bicyclic) bond motifs is 1. The van der Waals surface area contributed by atoms with Crippen molar-refractivity contribution in [3.8, 4) is 11.4 Å². The lowest BCUT2D eigenvalue weighted by Gasteiger charge is -2.07. The van der Waals surface area contributed by atoms with Crippen LogP contribution in [-0.4, -0.2) is 20.6 Å². The normalized spacial score (nSPS) is 11.1. The van der Waals surface area contributed by atoms with Gasteiger partial charge < -0.3 is 9.67 Å². The molecular formula is C14H10Cl2N2O2S. The number of carboxylic acids is 1. The fraction of sp³-hybridized carbons (Fsp3) is 0.143. The van der Waals surface area contributed by atoms with Gasteiger partial charge in [0.2, 0.25) is 0 Å². The highest BCUT2D eigenvalue weighted by Crippen LogP contribution is 2.38. The van der Waals surface area contributed by atoms with Gasteiger partial charge in [0, 0.05) is 12.1 Å². The summed E-state index contributed by atoms with van der Waals surface area (Å²) in [6.45, 7) is 0.328. The van der Waals surface area contributed by atoms with E-state index in [2.05, 4.69) is 4.98 Å². The Morgan fingerprint density at radius 1 is 1.33 bits per heavy atom. The molecule has 2 heterocycles. The van der Waals surface area contributed by atoms with Crippen molar-refractivity contribution < 1.29 is 9.90 Å². The molecule has 0 radical (unpaired) electrons. The molecule has 0 amide bonds. The van der Waals surface area contributed by atoms with Crippen molar-refractivity contribution in [3.63, 3.8) is 0 Å². The van der Waals surface area contributed by atoms with Crippen LogP contribution in [-0.2, 0) is 11.3 Å². The summed E-state index contributed by atoms with van der Waals surface area (Å²) in [7, 11) is 0. The lowest BCUT2D eigenvalue weighted by atomic mass is 10.3. The molecule has 0 saturated carbocycles. The molecule has 0 bridgehead atoms. The molecule has 4 nitrogen and oxygen atoms in total. The Morgan fingerprint density at radius 3 is 2.76 bits per heavy atom. The molecule has 0 spiro atoms. The van der Waals surface area contributed by atoms with E-state index in [0.717, 1.165) is 16.6 Å². The number of para-hydroxylation sites is 2. The Morgan fingerprint density at radius 2 is 2.10 bits per heavy atom. The predicted molar refractivity (Wildman–Crippen MR) is 85.3 cm³/mol. The highest BCUT2D eigenvalue weighted by Gasteiger charge is 2.17. The summed E-state index contributed by atoms with van der Waals surface area (Å²) >= 11 is 13.5. The summed E-state index contributed by atoms with van der Waals surface area (Å²) in [5.74, 6) is -0.209. The van der Waals surface area contributed by atoms with Crippen molar-refractivity contribution in [1.82, 2.24) is 9.55 Å². The number of hydrogen-bond donors (Lipinski definition) is 1. The fourth-order valence-electron chi connectivity index (χ4n) is 2.21. The molecule has 3 rings (SSSR count). The van der Waals surface area contributed by atoms with Crippen LogP contribution < -0.4 is 0 Å². The van der Waals surface area contributed by atoms with Crippen LogP contribution in [0.5, 0.6) is 0 Å². The van der Waals surface area contributed by atoms with Crippen LogP contribution >= 0.6 is 34.5 Å². The summed E-state index contributed by atoms with van der Waals surface area (Å²) in [6.07, 6.45) is 0.0167. The molecule has 108 valence electrons. The summed E-state index contributed by atoms with van der Waals surface area (Å²) < 4.78 is 2.99. The average Bonchev–Trinajstić information content (AvgIpc) is 2.96. The van der Waals surface area contributed by atoms with E-state index in [4.69, 9.17) is 28.3 Å². The van der Waals surface area contributed by atoms with Gasteiger partial charge in [-0.25, -0.2) is 4.98 Å². The van der Waals surface area contributed by atoms with E-state index in [-0.39, 0.29) is 6.42 Å². The smallest absolute Gasteiger partial charge is 0.305 e. The van der Waals surface area contributed by atoms with Crippen LogP contribution in [0.4, 0.5) is 0 Å². The van der Waals surface area contributed by atoms with Gasteiger partial charge in [0.15, 0.2) is 0 Å². The largest absolute Gasteiger partial charge is 0.481 e. The van der Waals surface area contributed by atoms with Gasteiger partial charge in [-0.2, -0.15) is 0 Å². The third kappa shape index (κ3) is 2.77. The Balaban J connectivity index is 2.18. The summed E-state index contributed by atoms with van der Waals surface area (Å²) in [5.41, 5.74) is 2.41. The zero-order chi connectivity index (χ0) is 15.0. The number of carbonyl (C=O) groups is 1. The molecular weight excluding hydrogens is 331 g/mol. The lowest BCUT2D eigenvalue weighted by Crippen LogP contribution is -2.06. The fourth-order valence-corrected chi connectivity index (χ4v) is 3.66. The number of nitrogens with zero attached hydrogens (tertiary/aromatic N) is 2. The van der Waals surface area contributed by atoms with Crippen molar-refractivity contribution >= 4 is 51.5 Å². The summed E-state index contributed by atoms with van der Waals surface area (Å²) in [4.78, 5) is 15.4. The summed E-state index contributed by atoms with van der Waals surface area (Å²) in [5, 5.41) is 8.93. The second-order valence-corrected chi connectivity index (χ2v) is 6.74. The van der Waals surface area contributed by atoms with Crippen LogP contribution in [0, 0.1) is 0 Å². The van der Waals surface area contributed by atoms with E-state index in [1.807, 2.05) is 28.8 Å². The van der Waals surface area contributed by atoms with Gasteiger partial charge in [-0.05, 0) is 18.2 Å². The van der Waals surface area contributed by atoms with E-state index in [0.29, 0.717) is 21.0 Å². The Labute approximate surface area is 134 Å². The first-order valence-electron chi connectivity index (χ1n) is 6.18. The molecule has 1 N–H and O–H groups in total. The molecule has 0 atom stereocenters. The zero-order valence-electron chi connectivity index (χ0n) is 10.7. The first-order valence-corrected chi connectivity index (χ1v) is 7.76. The summed E-state index contributed by atoms with van der Waals surface area (Å²) in [6, 6.07) is 9.34. The number of aromatic nitrogens is 2. The van der Waals surface area contributed by atoms with E-state index >= 15 is 0 Å². The molecule has 0 fully saturated rings. The Kier molecular flexibility index (Phi) is 3.89. The number of hydrogen-bond acceptors (Lipinski definition) is 3. The van der Waals surface area contributed by atoms with Crippen LogP contribution in [0.3, 0.4) is 0 Å². The number of imidazole rings is 1. The molecule has 21 heavy (non-hydrogen) atoms. The van der Waals surface area contributed by atoms with Crippen LogP contribution in [0.15, 0.2) is 30.3 Å². The molecule has 0 aliphatic heterocycles. The second kappa shape index (κ2) is 5.67. The molecule has 2 aromatic heterocycles. The van der Waals surface area contributed by atoms with E-state index in [1.54, 1.807) is 6.07 Å². The monoisotopic (exact) mass is 340 g/mol. The number of thiophene rings is 1. The van der Waals surface area contributed by atoms with E-state index in [9.17, 15) is 4.79 Å². The first-order chi connectivity index (χ1) is 10.1. The van der Waals surface area contributed by atoms with Crippen LogP contribution in [0.2, 0.25) is 8.67 Å². The van der Waals surface area contributed by atoms with Crippen LogP contribution in [0.25, 0.3) is 22.4 Å². The zero-order valence-corrected chi connectivity index (χ0v) is 13.0. The van der Waals surface area contributed by atoms with Gasteiger partial charge in [0.25, 0.3) is 0 Å². The third-order valence-electron chi connectivity index (χ3n) is 3.10. The molecule has 0 saturated heterocycles. The van der Waals surface area contributed by atoms with Crippen molar-refractivity contribution in [3.05, 3.63) is 39.0 Å². The van der Waals surface area contributed by atoms with Crippen molar-refractivity contribution in [1.29, 1.82) is 0 Å². The minimum Gasteiger partial charge on any atom is -0.481 e. The van der Waals surface area contributed by atoms with Crippen molar-refractivity contribution in [2.75, 3.05) is 0 Å². The maximum absolute atomic E-state index is 10.9. The number of rotatable bonds is 4. The third-order valence-corrected chi connectivity index (χ3v) is 4.59. The van der Waals surface area contributed by atoms with Crippen LogP contribution in [0.1, 0.15) is 6.42 Å². The predicted octanol–water partition coefficient (Wildman–Crippen LogP) is 4.55. The van der Waals surface area contributed by atoms with E-state index in [1.165, 1.54) is 11.3 Å².